The maximum Gasteiger partial charge on any atom is 0.260 e. The zero-order valence-corrected chi connectivity index (χ0v) is 27.5. The molecule has 0 aliphatic carbocycles. The third-order valence-corrected chi connectivity index (χ3v) is 9.88. The molecule has 8 aromatic rings. The van der Waals surface area contributed by atoms with Gasteiger partial charge in [0.05, 0.1) is 0 Å². The molecule has 48 heavy (non-hydrogen) atoms. The van der Waals surface area contributed by atoms with Crippen LogP contribution in [-0.2, 0) is 13.1 Å². The van der Waals surface area contributed by atoms with E-state index in [0.717, 1.165) is 94.8 Å². The topological polar surface area (TPSA) is 95.6 Å². The molecule has 0 atom stereocenters. The second-order valence-electron chi connectivity index (χ2n) is 13.0. The summed E-state index contributed by atoms with van der Waals surface area (Å²) in [7, 11) is 0. The van der Waals surface area contributed by atoms with Crippen LogP contribution in [0.2, 0.25) is 0 Å². The van der Waals surface area contributed by atoms with E-state index in [4.69, 9.17) is 20.4 Å². The summed E-state index contributed by atoms with van der Waals surface area (Å²) in [6, 6.07) is 23.9. The molecule has 240 valence electrons. The van der Waals surface area contributed by atoms with Crippen LogP contribution in [0.4, 0.5) is 0 Å². The number of benzene rings is 4. The van der Waals surface area contributed by atoms with E-state index in [-0.39, 0.29) is 11.1 Å². The van der Waals surface area contributed by atoms with Crippen molar-refractivity contribution in [3.05, 3.63) is 93.5 Å². The summed E-state index contributed by atoms with van der Waals surface area (Å²) in [5, 5.41) is 25.1. The van der Waals surface area contributed by atoms with E-state index in [1.54, 1.807) is 9.13 Å². The lowest BCUT2D eigenvalue weighted by atomic mass is 9.89. The predicted molar refractivity (Wildman–Crippen MR) is 195 cm³/mol. The molecule has 0 spiro atoms. The summed E-state index contributed by atoms with van der Waals surface area (Å²) in [5.41, 5.74) is 4.11. The van der Waals surface area contributed by atoms with Crippen LogP contribution in [0, 0.1) is 0 Å². The van der Waals surface area contributed by atoms with Crippen molar-refractivity contribution in [1.82, 2.24) is 29.5 Å². The van der Waals surface area contributed by atoms with Gasteiger partial charge in [-0.1, -0.05) is 113 Å². The number of hydrogen-bond acceptors (Lipinski definition) is 6. The van der Waals surface area contributed by atoms with E-state index in [0.29, 0.717) is 46.5 Å². The standard InChI is InChI=1S/C40H38N6O2/c1-3-5-7-15-21-45-37-33-27(35(41-43-37)25-17-11-9-12-18-25)24-30-32-31(33)29(39(45)47)23-28-34(32)38(46(40(30)48)22-16-8-6-4-2)44-42-36(28)26-19-13-10-14-20-26/h9-14,17-20,23-24H,3-8,15-16,21-22H2,1-2H3. The first kappa shape index (κ1) is 30.1. The van der Waals surface area contributed by atoms with Crippen LogP contribution in [-0.4, -0.2) is 29.5 Å². The van der Waals surface area contributed by atoms with E-state index in [2.05, 4.69) is 13.8 Å². The van der Waals surface area contributed by atoms with Gasteiger partial charge in [-0.25, -0.2) is 0 Å². The van der Waals surface area contributed by atoms with Gasteiger partial charge in [0.2, 0.25) is 0 Å². The van der Waals surface area contributed by atoms with Crippen LogP contribution < -0.4 is 11.1 Å². The SMILES string of the molecule is CCCCCCn1c(=O)c2cc3c(-c4ccccc4)nnc4c3c3c(cc5c(-c6ccccc6)nnc1c5c23)c(=O)n4CCCCCC. The van der Waals surface area contributed by atoms with Gasteiger partial charge in [0.15, 0.2) is 11.3 Å². The molecule has 0 aliphatic rings. The highest BCUT2D eigenvalue weighted by molar-refractivity contribution is 6.36. The summed E-state index contributed by atoms with van der Waals surface area (Å²) in [4.78, 5) is 29.3. The summed E-state index contributed by atoms with van der Waals surface area (Å²) in [6.07, 6.45) is 8.21. The normalized spacial score (nSPS) is 12.1. The molecule has 0 radical (unpaired) electrons. The molecule has 8 nitrogen and oxygen atoms in total. The van der Waals surface area contributed by atoms with Crippen molar-refractivity contribution in [3.63, 3.8) is 0 Å². The number of aryl methyl sites for hydroxylation is 2. The van der Waals surface area contributed by atoms with E-state index in [1.165, 1.54) is 0 Å². The molecule has 0 bridgehead atoms. The monoisotopic (exact) mass is 634 g/mol. The molecular weight excluding hydrogens is 596 g/mol. The van der Waals surface area contributed by atoms with Crippen LogP contribution in [0.1, 0.15) is 65.2 Å². The minimum absolute atomic E-state index is 0.118. The predicted octanol–water partition coefficient (Wildman–Crippen LogP) is 8.73. The smallest absolute Gasteiger partial charge is 0.260 e. The number of rotatable bonds is 12. The van der Waals surface area contributed by atoms with Crippen molar-refractivity contribution in [2.45, 2.75) is 78.3 Å². The Morgan fingerprint density at radius 2 is 0.896 bits per heavy atom. The summed E-state index contributed by atoms with van der Waals surface area (Å²) in [6.45, 7) is 5.46. The van der Waals surface area contributed by atoms with E-state index in [9.17, 15) is 9.59 Å². The maximum absolute atomic E-state index is 14.6. The number of aromatic nitrogens is 6. The molecular formula is C40H38N6O2. The molecule has 8 rings (SSSR count). The molecule has 0 unspecified atom stereocenters. The van der Waals surface area contributed by atoms with Gasteiger partial charge in [-0.3, -0.25) is 18.7 Å². The molecule has 0 N–H and O–H groups in total. The van der Waals surface area contributed by atoms with Crippen LogP contribution in [0.15, 0.2) is 82.4 Å². The highest BCUT2D eigenvalue weighted by atomic mass is 16.1. The van der Waals surface area contributed by atoms with Crippen molar-refractivity contribution in [3.8, 4) is 22.5 Å². The van der Waals surface area contributed by atoms with Crippen molar-refractivity contribution in [1.29, 1.82) is 0 Å². The van der Waals surface area contributed by atoms with Crippen LogP contribution in [0.3, 0.4) is 0 Å². The maximum atomic E-state index is 14.6. The fraction of sp³-hybridized carbons (Fsp3) is 0.300. The molecule has 4 heterocycles. The average molecular weight is 635 g/mol. The Hall–Kier alpha value is -5.24. The molecule has 0 saturated carbocycles. The second kappa shape index (κ2) is 12.4. The Bertz CT molecular complexity index is 2340. The molecule has 0 saturated heterocycles. The number of hydrogen-bond donors (Lipinski definition) is 0. The largest absolute Gasteiger partial charge is 0.291 e. The molecule has 0 fully saturated rings. The van der Waals surface area contributed by atoms with Crippen LogP contribution in [0.25, 0.3) is 76.9 Å². The molecule has 4 aromatic heterocycles. The zero-order valence-electron chi connectivity index (χ0n) is 27.5. The first-order valence-corrected chi connectivity index (χ1v) is 17.4. The van der Waals surface area contributed by atoms with Gasteiger partial charge in [-0.15, -0.1) is 20.4 Å². The average Bonchev–Trinajstić information content (AvgIpc) is 3.13. The van der Waals surface area contributed by atoms with Gasteiger partial charge in [-0.2, -0.15) is 0 Å². The third kappa shape index (κ3) is 4.73. The number of pyridine rings is 2. The third-order valence-electron chi connectivity index (χ3n) is 9.88. The second-order valence-corrected chi connectivity index (χ2v) is 13.0. The number of nitrogens with zero attached hydrogens (tertiary/aromatic N) is 6. The fourth-order valence-corrected chi connectivity index (χ4v) is 7.50. The summed E-state index contributed by atoms with van der Waals surface area (Å²) >= 11 is 0. The van der Waals surface area contributed by atoms with Gasteiger partial charge < -0.3 is 0 Å². The Balaban J connectivity index is 1.55. The van der Waals surface area contributed by atoms with E-state index >= 15 is 0 Å². The van der Waals surface area contributed by atoms with Crippen molar-refractivity contribution < 1.29 is 0 Å². The lowest BCUT2D eigenvalue weighted by Crippen LogP contribution is -2.25. The van der Waals surface area contributed by atoms with Gasteiger partial charge in [-0.05, 0) is 25.0 Å². The fourth-order valence-electron chi connectivity index (χ4n) is 7.50. The minimum Gasteiger partial charge on any atom is -0.291 e. The highest BCUT2D eigenvalue weighted by Gasteiger charge is 2.27. The molecule has 0 aliphatic heterocycles. The van der Waals surface area contributed by atoms with Gasteiger partial charge in [0.25, 0.3) is 11.1 Å². The first-order valence-electron chi connectivity index (χ1n) is 17.4. The summed E-state index contributed by atoms with van der Waals surface area (Å²) < 4.78 is 3.61. The van der Waals surface area contributed by atoms with E-state index in [1.807, 2.05) is 72.8 Å². The molecule has 0 amide bonds. The molecule has 8 heteroatoms. The van der Waals surface area contributed by atoms with Crippen LogP contribution >= 0.6 is 0 Å². The molecule has 4 aromatic carbocycles. The quantitative estimate of drug-likeness (QED) is 0.0758. The summed E-state index contributed by atoms with van der Waals surface area (Å²) in [5.74, 6) is 0. The Labute approximate surface area is 277 Å². The first-order chi connectivity index (χ1) is 23.6. The lowest BCUT2D eigenvalue weighted by molar-refractivity contribution is 0.580. The highest BCUT2D eigenvalue weighted by Crippen LogP contribution is 2.44. The van der Waals surface area contributed by atoms with Crippen molar-refractivity contribution >= 4 is 54.4 Å². The Kier molecular flexibility index (Phi) is 7.79. The van der Waals surface area contributed by atoms with Gasteiger partial charge >= 0.3 is 0 Å². The Morgan fingerprint density at radius 3 is 1.29 bits per heavy atom. The van der Waals surface area contributed by atoms with Gasteiger partial charge in [0, 0.05) is 67.3 Å². The number of unbranched alkanes of at least 4 members (excludes halogenated alkanes) is 6. The lowest BCUT2D eigenvalue weighted by Gasteiger charge is -2.21. The van der Waals surface area contributed by atoms with E-state index < -0.39 is 0 Å². The zero-order chi connectivity index (χ0) is 32.8. The van der Waals surface area contributed by atoms with Gasteiger partial charge in [0.1, 0.15) is 11.4 Å². The Morgan fingerprint density at radius 1 is 0.479 bits per heavy atom. The van der Waals surface area contributed by atoms with Crippen molar-refractivity contribution in [2.24, 2.45) is 0 Å². The minimum atomic E-state index is -0.118. The van der Waals surface area contributed by atoms with Crippen molar-refractivity contribution in [2.75, 3.05) is 0 Å². The van der Waals surface area contributed by atoms with Crippen LogP contribution in [0.5, 0.6) is 0 Å².